The predicted molar refractivity (Wildman–Crippen MR) is 67.2 cm³/mol. The Balaban J connectivity index is 2.46. The molecule has 0 aromatic carbocycles. The Bertz CT molecular complexity index is 348. The molecule has 8 heteroatoms. The minimum atomic E-state index is -0.868. The third kappa shape index (κ3) is 5.23. The van der Waals surface area contributed by atoms with Crippen LogP contribution >= 0.6 is 0 Å². The highest BCUT2D eigenvalue weighted by atomic mass is 16.5. The van der Waals surface area contributed by atoms with Gasteiger partial charge in [0.15, 0.2) is 0 Å². The van der Waals surface area contributed by atoms with Gasteiger partial charge in [0.2, 0.25) is 5.91 Å². The van der Waals surface area contributed by atoms with Gasteiger partial charge in [0, 0.05) is 32.6 Å². The van der Waals surface area contributed by atoms with E-state index in [1.165, 1.54) is 0 Å². The van der Waals surface area contributed by atoms with Gasteiger partial charge in [-0.05, 0) is 6.92 Å². The number of nitrogens with two attached hydrogens (primary N) is 1. The lowest BCUT2D eigenvalue weighted by Crippen LogP contribution is -2.56. The van der Waals surface area contributed by atoms with E-state index in [1.54, 1.807) is 6.92 Å². The van der Waals surface area contributed by atoms with E-state index in [0.29, 0.717) is 26.2 Å². The van der Waals surface area contributed by atoms with E-state index in [9.17, 15) is 14.4 Å². The predicted octanol–water partition coefficient (Wildman–Crippen LogP) is -1.59. The average Bonchev–Trinajstić information content (AvgIpc) is 2.36. The molecule has 1 rings (SSSR count). The van der Waals surface area contributed by atoms with Crippen molar-refractivity contribution >= 4 is 17.9 Å². The van der Waals surface area contributed by atoms with E-state index < -0.39 is 18.0 Å². The Labute approximate surface area is 111 Å². The van der Waals surface area contributed by atoms with Gasteiger partial charge in [-0.3, -0.25) is 19.8 Å². The first-order valence-corrected chi connectivity index (χ1v) is 6.25. The fourth-order valence-electron chi connectivity index (χ4n) is 1.93. The van der Waals surface area contributed by atoms with Crippen LogP contribution in [0.3, 0.4) is 0 Å². The molecule has 108 valence electrons. The number of amides is 3. The van der Waals surface area contributed by atoms with Gasteiger partial charge >= 0.3 is 12.0 Å². The lowest BCUT2D eigenvalue weighted by molar-refractivity contribution is -0.150. The molecule has 8 nitrogen and oxygen atoms in total. The largest absolute Gasteiger partial charge is 0.465 e. The summed E-state index contributed by atoms with van der Waals surface area (Å²) in [7, 11) is 0. The SMILES string of the molecule is CCOC(=O)C1CNCCN1CCC(=O)NC(N)=O. The summed E-state index contributed by atoms with van der Waals surface area (Å²) in [5.41, 5.74) is 4.85. The highest BCUT2D eigenvalue weighted by Gasteiger charge is 2.29. The van der Waals surface area contributed by atoms with E-state index in [0.717, 1.165) is 6.54 Å². The van der Waals surface area contributed by atoms with Gasteiger partial charge in [-0.15, -0.1) is 0 Å². The quantitative estimate of drug-likeness (QED) is 0.520. The van der Waals surface area contributed by atoms with Crippen LogP contribution in [0.2, 0.25) is 0 Å². The van der Waals surface area contributed by atoms with Gasteiger partial charge < -0.3 is 15.8 Å². The number of nitrogens with zero attached hydrogens (tertiary/aromatic N) is 1. The van der Waals surface area contributed by atoms with Crippen LogP contribution in [0.4, 0.5) is 4.79 Å². The van der Waals surface area contributed by atoms with Crippen LogP contribution < -0.4 is 16.4 Å². The van der Waals surface area contributed by atoms with Gasteiger partial charge in [0.1, 0.15) is 6.04 Å². The van der Waals surface area contributed by atoms with Crippen molar-refractivity contribution in [1.29, 1.82) is 0 Å². The number of primary amides is 1. The van der Waals surface area contributed by atoms with Crippen molar-refractivity contribution in [3.05, 3.63) is 0 Å². The molecule has 1 atom stereocenters. The number of esters is 1. The van der Waals surface area contributed by atoms with E-state index in [2.05, 4.69) is 5.32 Å². The van der Waals surface area contributed by atoms with Gasteiger partial charge in [-0.25, -0.2) is 4.79 Å². The van der Waals surface area contributed by atoms with Crippen LogP contribution in [-0.2, 0) is 14.3 Å². The van der Waals surface area contributed by atoms with Crippen LogP contribution in [0.1, 0.15) is 13.3 Å². The minimum absolute atomic E-state index is 0.110. The lowest BCUT2D eigenvalue weighted by atomic mass is 10.2. The second-order valence-electron chi connectivity index (χ2n) is 4.17. The molecule has 1 saturated heterocycles. The van der Waals surface area contributed by atoms with Crippen molar-refractivity contribution in [2.75, 3.05) is 32.8 Å². The number of carbonyl (C=O) groups excluding carboxylic acids is 3. The number of hydrogen-bond acceptors (Lipinski definition) is 6. The summed E-state index contributed by atoms with van der Waals surface area (Å²) in [6, 6.07) is -1.26. The summed E-state index contributed by atoms with van der Waals surface area (Å²) in [6.45, 7) is 4.34. The Morgan fingerprint density at radius 3 is 2.84 bits per heavy atom. The smallest absolute Gasteiger partial charge is 0.324 e. The number of carbonyl (C=O) groups is 3. The molecule has 1 fully saturated rings. The van der Waals surface area contributed by atoms with Gasteiger partial charge in [0.05, 0.1) is 6.61 Å². The Morgan fingerprint density at radius 2 is 2.21 bits per heavy atom. The van der Waals surface area contributed by atoms with Crippen molar-refractivity contribution in [1.82, 2.24) is 15.5 Å². The standard InChI is InChI=1S/C11H20N4O4/c1-2-19-10(17)8-7-13-4-6-15(8)5-3-9(16)14-11(12)18/h8,13H,2-7H2,1H3,(H3,12,14,16,18). The van der Waals surface area contributed by atoms with Crippen molar-refractivity contribution in [3.8, 4) is 0 Å². The fourth-order valence-corrected chi connectivity index (χ4v) is 1.93. The van der Waals surface area contributed by atoms with Gasteiger partial charge in [-0.2, -0.15) is 0 Å². The summed E-state index contributed by atoms with van der Waals surface area (Å²) in [5, 5.41) is 5.10. The zero-order valence-corrected chi connectivity index (χ0v) is 11.0. The lowest BCUT2D eigenvalue weighted by Gasteiger charge is -2.34. The highest BCUT2D eigenvalue weighted by Crippen LogP contribution is 2.06. The molecule has 0 saturated carbocycles. The third-order valence-electron chi connectivity index (χ3n) is 2.80. The normalized spacial score (nSPS) is 19.7. The topological polar surface area (TPSA) is 114 Å². The molecular weight excluding hydrogens is 252 g/mol. The van der Waals surface area contributed by atoms with E-state index in [4.69, 9.17) is 10.5 Å². The second-order valence-corrected chi connectivity index (χ2v) is 4.17. The van der Waals surface area contributed by atoms with Crippen LogP contribution in [-0.4, -0.2) is 61.6 Å². The summed E-state index contributed by atoms with van der Waals surface area (Å²) >= 11 is 0. The maximum absolute atomic E-state index is 11.8. The third-order valence-corrected chi connectivity index (χ3v) is 2.80. The number of urea groups is 1. The number of piperazine rings is 1. The number of rotatable bonds is 5. The number of hydrogen-bond donors (Lipinski definition) is 3. The number of nitrogens with one attached hydrogen (secondary N) is 2. The molecule has 3 amide bonds. The Hall–Kier alpha value is -1.67. The van der Waals surface area contributed by atoms with Crippen LogP contribution in [0.5, 0.6) is 0 Å². The molecule has 0 radical (unpaired) electrons. The molecule has 1 unspecified atom stereocenters. The van der Waals surface area contributed by atoms with Crippen LogP contribution in [0.15, 0.2) is 0 Å². The monoisotopic (exact) mass is 272 g/mol. The molecular formula is C11H20N4O4. The second kappa shape index (κ2) is 7.70. The molecule has 0 aliphatic carbocycles. The van der Waals surface area contributed by atoms with Crippen LogP contribution in [0, 0.1) is 0 Å². The van der Waals surface area contributed by atoms with Crippen molar-refractivity contribution in [3.63, 3.8) is 0 Å². The van der Waals surface area contributed by atoms with E-state index >= 15 is 0 Å². The molecule has 19 heavy (non-hydrogen) atoms. The molecule has 1 aliphatic rings. The molecule has 1 aliphatic heterocycles. The first-order valence-electron chi connectivity index (χ1n) is 6.25. The molecule has 0 aromatic heterocycles. The molecule has 1 heterocycles. The van der Waals surface area contributed by atoms with E-state index in [1.807, 2.05) is 10.2 Å². The average molecular weight is 272 g/mol. The van der Waals surface area contributed by atoms with Gasteiger partial charge in [-0.1, -0.05) is 0 Å². The molecule has 0 bridgehead atoms. The molecule has 0 aromatic rings. The Morgan fingerprint density at radius 1 is 1.47 bits per heavy atom. The fraction of sp³-hybridized carbons (Fsp3) is 0.727. The zero-order valence-electron chi connectivity index (χ0n) is 11.0. The highest BCUT2D eigenvalue weighted by molar-refractivity contribution is 5.93. The maximum atomic E-state index is 11.8. The molecule has 0 spiro atoms. The first kappa shape index (κ1) is 15.4. The number of imide groups is 1. The van der Waals surface area contributed by atoms with Crippen molar-refractivity contribution in [2.45, 2.75) is 19.4 Å². The minimum Gasteiger partial charge on any atom is -0.465 e. The van der Waals surface area contributed by atoms with Crippen molar-refractivity contribution in [2.24, 2.45) is 5.73 Å². The maximum Gasteiger partial charge on any atom is 0.324 e. The van der Waals surface area contributed by atoms with Crippen LogP contribution in [0.25, 0.3) is 0 Å². The Kier molecular flexibility index (Phi) is 6.23. The zero-order chi connectivity index (χ0) is 14.3. The summed E-state index contributed by atoms with van der Waals surface area (Å²) in [5.74, 6) is -0.751. The van der Waals surface area contributed by atoms with Gasteiger partial charge in [0.25, 0.3) is 0 Å². The van der Waals surface area contributed by atoms with Crippen molar-refractivity contribution < 1.29 is 19.1 Å². The summed E-state index contributed by atoms with van der Waals surface area (Å²) < 4.78 is 4.99. The molecule has 4 N–H and O–H groups in total. The van der Waals surface area contributed by atoms with E-state index in [-0.39, 0.29) is 12.4 Å². The summed E-state index contributed by atoms with van der Waals surface area (Å²) in [4.78, 5) is 35.5. The summed E-state index contributed by atoms with van der Waals surface area (Å²) in [6.07, 6.45) is 0.110. The first-order chi connectivity index (χ1) is 9.04. The number of ether oxygens (including phenoxy) is 1.